The number of hydrogen-bond acceptors (Lipinski definition) is 2. The highest BCUT2D eigenvalue weighted by molar-refractivity contribution is 9.10. The third-order valence-corrected chi connectivity index (χ3v) is 3.65. The smallest absolute Gasteiger partial charge is 0.0743 e. The van der Waals surface area contributed by atoms with Crippen molar-refractivity contribution >= 4 is 32.5 Å². The van der Waals surface area contributed by atoms with Gasteiger partial charge in [0.05, 0.1) is 11.2 Å². The predicted molar refractivity (Wildman–Crippen MR) is 78.3 cm³/mol. The van der Waals surface area contributed by atoms with Crippen molar-refractivity contribution in [3.63, 3.8) is 0 Å². The topological polar surface area (TPSA) is 43.8 Å². The molecule has 2 N–H and O–H groups in total. The molecule has 0 atom stereocenters. The summed E-state index contributed by atoms with van der Waals surface area (Å²) in [4.78, 5) is 4.39. The minimum atomic E-state index is 0.729. The zero-order chi connectivity index (χ0) is 12.7. The Morgan fingerprint density at radius 1 is 1.28 bits per heavy atom. The molecule has 0 saturated heterocycles. The van der Waals surface area contributed by atoms with Crippen molar-refractivity contribution in [1.29, 1.82) is 0 Å². The number of nitrogens with two attached hydrogens (primary N) is 1. The lowest BCUT2D eigenvalue weighted by Crippen LogP contribution is -1.87. The van der Waals surface area contributed by atoms with Crippen LogP contribution in [-0.2, 0) is 7.05 Å². The van der Waals surface area contributed by atoms with Gasteiger partial charge in [0.2, 0.25) is 0 Å². The summed E-state index contributed by atoms with van der Waals surface area (Å²) in [5.74, 6) is 0. The number of benzene rings is 1. The lowest BCUT2D eigenvalue weighted by Gasteiger charge is -2.00. The number of anilines is 1. The summed E-state index contributed by atoms with van der Waals surface area (Å²) in [6, 6.07) is 9.86. The van der Waals surface area contributed by atoms with Gasteiger partial charge in [0.25, 0.3) is 0 Å². The maximum absolute atomic E-state index is 5.82. The molecule has 0 spiro atoms. The molecule has 3 nitrogen and oxygen atoms in total. The Morgan fingerprint density at radius 2 is 2.11 bits per heavy atom. The number of nitrogens with zero attached hydrogens (tertiary/aromatic N) is 2. The number of hydrogen-bond donors (Lipinski definition) is 1. The molecule has 2 aromatic heterocycles. The van der Waals surface area contributed by atoms with E-state index in [1.807, 2.05) is 25.2 Å². The molecule has 0 aliphatic carbocycles. The molecule has 90 valence electrons. The van der Waals surface area contributed by atoms with Gasteiger partial charge in [-0.25, -0.2) is 0 Å². The number of para-hydroxylation sites is 1. The van der Waals surface area contributed by atoms with Crippen LogP contribution in [-0.4, -0.2) is 9.55 Å². The summed E-state index contributed by atoms with van der Waals surface area (Å²) < 4.78 is 3.18. The Morgan fingerprint density at radius 3 is 2.89 bits per heavy atom. The molecule has 0 amide bonds. The molecule has 0 aliphatic heterocycles. The molecule has 2 heterocycles. The highest BCUT2D eigenvalue weighted by Crippen LogP contribution is 2.33. The molecule has 0 saturated carbocycles. The van der Waals surface area contributed by atoms with Crippen LogP contribution in [0.4, 0.5) is 5.69 Å². The Hall–Kier alpha value is -1.81. The van der Waals surface area contributed by atoms with E-state index in [1.165, 1.54) is 5.39 Å². The van der Waals surface area contributed by atoms with Gasteiger partial charge in [-0.2, -0.15) is 0 Å². The number of aryl methyl sites for hydroxylation is 1. The Labute approximate surface area is 113 Å². The molecule has 0 aliphatic rings. The van der Waals surface area contributed by atoms with Crippen LogP contribution in [0.3, 0.4) is 0 Å². The number of pyridine rings is 1. The van der Waals surface area contributed by atoms with Crippen molar-refractivity contribution in [3.05, 3.63) is 47.2 Å². The zero-order valence-electron chi connectivity index (χ0n) is 9.89. The number of fused-ring (bicyclic) bond motifs is 1. The van der Waals surface area contributed by atoms with Crippen molar-refractivity contribution in [1.82, 2.24) is 9.55 Å². The fourth-order valence-corrected chi connectivity index (χ4v) is 2.86. The van der Waals surface area contributed by atoms with Gasteiger partial charge in [-0.1, -0.05) is 12.1 Å². The molecule has 0 unspecified atom stereocenters. The van der Waals surface area contributed by atoms with Gasteiger partial charge >= 0.3 is 0 Å². The molecule has 4 heteroatoms. The van der Waals surface area contributed by atoms with Crippen molar-refractivity contribution < 1.29 is 0 Å². The maximum atomic E-state index is 5.82. The van der Waals surface area contributed by atoms with Crippen LogP contribution >= 0.6 is 15.9 Å². The lowest BCUT2D eigenvalue weighted by atomic mass is 10.1. The highest BCUT2D eigenvalue weighted by Gasteiger charge is 2.11. The second kappa shape index (κ2) is 4.14. The van der Waals surface area contributed by atoms with Crippen LogP contribution in [0.15, 0.2) is 47.2 Å². The summed E-state index contributed by atoms with van der Waals surface area (Å²) in [6.07, 6.45) is 3.82. The fourth-order valence-electron chi connectivity index (χ4n) is 2.22. The van der Waals surface area contributed by atoms with E-state index in [0.717, 1.165) is 26.9 Å². The standard InChI is InChI=1S/C14H12BrN3/c1-18-8-11(13-7-9(16)5-6-17-13)10-3-2-4-12(15)14(10)18/h2-8H,1H3,(H2,16,17). The third-order valence-electron chi connectivity index (χ3n) is 3.01. The first-order valence-corrected chi connectivity index (χ1v) is 6.41. The highest BCUT2D eigenvalue weighted by atomic mass is 79.9. The van der Waals surface area contributed by atoms with Crippen LogP contribution < -0.4 is 5.73 Å². The van der Waals surface area contributed by atoms with E-state index in [4.69, 9.17) is 5.73 Å². The lowest BCUT2D eigenvalue weighted by molar-refractivity contribution is 0.967. The van der Waals surface area contributed by atoms with Crippen molar-refractivity contribution in [3.8, 4) is 11.3 Å². The van der Waals surface area contributed by atoms with Crippen LogP contribution in [0.2, 0.25) is 0 Å². The average Bonchev–Trinajstić information content (AvgIpc) is 2.68. The molecular weight excluding hydrogens is 290 g/mol. The Bertz CT molecular complexity index is 731. The number of aromatic nitrogens is 2. The predicted octanol–water partition coefficient (Wildman–Crippen LogP) is 3.59. The number of rotatable bonds is 1. The normalized spacial score (nSPS) is 11.0. The van der Waals surface area contributed by atoms with Crippen LogP contribution in [0, 0.1) is 0 Å². The summed E-state index contributed by atoms with van der Waals surface area (Å²) >= 11 is 3.58. The molecule has 1 aromatic carbocycles. The van der Waals surface area contributed by atoms with Gasteiger partial charge in [0, 0.05) is 40.6 Å². The van der Waals surface area contributed by atoms with Crippen LogP contribution in [0.5, 0.6) is 0 Å². The second-order valence-corrected chi connectivity index (χ2v) is 5.12. The molecule has 0 radical (unpaired) electrons. The van der Waals surface area contributed by atoms with Crippen molar-refractivity contribution in [2.75, 3.05) is 5.73 Å². The quantitative estimate of drug-likeness (QED) is 0.746. The van der Waals surface area contributed by atoms with Crippen LogP contribution in [0.1, 0.15) is 0 Å². The monoisotopic (exact) mass is 301 g/mol. The summed E-state index contributed by atoms with van der Waals surface area (Å²) in [5.41, 5.74) is 9.71. The largest absolute Gasteiger partial charge is 0.399 e. The van der Waals surface area contributed by atoms with Gasteiger partial charge in [-0.3, -0.25) is 4.98 Å². The Balaban J connectivity index is 2.34. The van der Waals surface area contributed by atoms with Gasteiger partial charge in [0.1, 0.15) is 0 Å². The first-order chi connectivity index (χ1) is 8.66. The summed E-state index contributed by atoms with van der Waals surface area (Å²) in [7, 11) is 2.03. The average molecular weight is 302 g/mol. The van der Waals surface area contributed by atoms with Crippen molar-refractivity contribution in [2.24, 2.45) is 7.05 Å². The molecule has 3 rings (SSSR count). The summed E-state index contributed by atoms with van der Waals surface area (Å²) in [6.45, 7) is 0. The van der Waals surface area contributed by atoms with Gasteiger partial charge in [-0.15, -0.1) is 0 Å². The molecular formula is C14H12BrN3. The van der Waals surface area contributed by atoms with Gasteiger partial charge in [-0.05, 0) is 34.1 Å². The first-order valence-electron chi connectivity index (χ1n) is 5.62. The van der Waals surface area contributed by atoms with Gasteiger partial charge in [0.15, 0.2) is 0 Å². The van der Waals surface area contributed by atoms with E-state index >= 15 is 0 Å². The van der Waals surface area contributed by atoms with E-state index in [2.05, 4.69) is 37.7 Å². The SMILES string of the molecule is Cn1cc(-c2cc(N)ccn2)c2cccc(Br)c21. The summed E-state index contributed by atoms with van der Waals surface area (Å²) in [5, 5.41) is 1.17. The van der Waals surface area contributed by atoms with E-state index in [9.17, 15) is 0 Å². The van der Waals surface area contributed by atoms with Gasteiger partial charge < -0.3 is 10.3 Å². The second-order valence-electron chi connectivity index (χ2n) is 4.26. The van der Waals surface area contributed by atoms with E-state index < -0.39 is 0 Å². The van der Waals surface area contributed by atoms with E-state index in [0.29, 0.717) is 0 Å². The minimum Gasteiger partial charge on any atom is -0.399 e. The molecule has 18 heavy (non-hydrogen) atoms. The molecule has 0 fully saturated rings. The minimum absolute atomic E-state index is 0.729. The third kappa shape index (κ3) is 1.69. The van der Waals surface area contributed by atoms with E-state index in [1.54, 1.807) is 12.3 Å². The van der Waals surface area contributed by atoms with Crippen molar-refractivity contribution in [2.45, 2.75) is 0 Å². The Kier molecular flexibility index (Phi) is 2.59. The van der Waals surface area contributed by atoms with Crippen LogP contribution in [0.25, 0.3) is 22.2 Å². The fraction of sp³-hybridized carbons (Fsp3) is 0.0714. The molecule has 0 bridgehead atoms. The number of halogens is 1. The van der Waals surface area contributed by atoms with E-state index in [-0.39, 0.29) is 0 Å². The number of nitrogen functional groups attached to an aromatic ring is 1. The molecule has 3 aromatic rings. The first kappa shape index (κ1) is 11.3. The zero-order valence-corrected chi connectivity index (χ0v) is 11.5. The maximum Gasteiger partial charge on any atom is 0.0743 e.